The van der Waals surface area contributed by atoms with E-state index >= 15 is 0 Å². The average molecular weight is 380 g/mol. The van der Waals surface area contributed by atoms with Gasteiger partial charge in [-0.25, -0.2) is 0 Å². The van der Waals surface area contributed by atoms with E-state index in [1.54, 1.807) is 18.2 Å². The van der Waals surface area contributed by atoms with Gasteiger partial charge < -0.3 is 19.5 Å². The molecule has 1 N–H and O–H groups in total. The first-order chi connectivity index (χ1) is 11.0. The first kappa shape index (κ1) is 17.1. The van der Waals surface area contributed by atoms with Crippen molar-refractivity contribution in [2.45, 2.75) is 6.92 Å². The highest BCUT2D eigenvalue weighted by molar-refractivity contribution is 9.10. The smallest absolute Gasteiger partial charge is 0.262 e. The third-order valence-corrected chi connectivity index (χ3v) is 3.69. The van der Waals surface area contributed by atoms with Crippen molar-refractivity contribution in [3.05, 3.63) is 46.4 Å². The van der Waals surface area contributed by atoms with Crippen molar-refractivity contribution in [3.8, 4) is 17.2 Å². The van der Waals surface area contributed by atoms with Crippen molar-refractivity contribution in [1.82, 2.24) is 0 Å². The lowest BCUT2D eigenvalue weighted by Gasteiger charge is -2.14. The average Bonchev–Trinajstić information content (AvgIpc) is 2.55. The molecule has 0 unspecified atom stereocenters. The summed E-state index contributed by atoms with van der Waals surface area (Å²) in [4.78, 5) is 12.1. The number of hydrogen-bond donors (Lipinski definition) is 1. The number of carbonyl (C=O) groups is 1. The van der Waals surface area contributed by atoms with Crippen LogP contribution in [0, 0.1) is 6.92 Å². The Labute approximate surface area is 143 Å². The van der Waals surface area contributed by atoms with E-state index in [4.69, 9.17) is 14.2 Å². The topological polar surface area (TPSA) is 56.8 Å². The number of para-hydroxylation sites is 1. The van der Waals surface area contributed by atoms with Gasteiger partial charge >= 0.3 is 0 Å². The quantitative estimate of drug-likeness (QED) is 0.829. The van der Waals surface area contributed by atoms with Crippen LogP contribution < -0.4 is 19.5 Å². The van der Waals surface area contributed by atoms with Gasteiger partial charge in [-0.05, 0) is 42.8 Å². The van der Waals surface area contributed by atoms with E-state index < -0.39 is 0 Å². The highest BCUT2D eigenvalue weighted by Gasteiger charge is 2.13. The summed E-state index contributed by atoms with van der Waals surface area (Å²) in [6, 6.07) is 10.9. The zero-order chi connectivity index (χ0) is 16.8. The molecular weight excluding hydrogens is 362 g/mol. The number of rotatable bonds is 6. The fourth-order valence-corrected chi connectivity index (χ4v) is 2.53. The fourth-order valence-electron chi connectivity index (χ4n) is 2.05. The van der Waals surface area contributed by atoms with Crippen molar-refractivity contribution in [1.29, 1.82) is 0 Å². The van der Waals surface area contributed by atoms with Crippen LogP contribution in [0.5, 0.6) is 17.2 Å². The first-order valence-electron chi connectivity index (χ1n) is 6.95. The van der Waals surface area contributed by atoms with Crippen LogP contribution in [0.3, 0.4) is 0 Å². The SMILES string of the molecule is COc1cccc(OC)c1OCC(=O)Nc1ccc(Br)cc1C. The number of halogens is 1. The predicted molar refractivity (Wildman–Crippen MR) is 92.5 cm³/mol. The molecule has 122 valence electrons. The van der Waals surface area contributed by atoms with E-state index in [0.717, 1.165) is 15.7 Å². The van der Waals surface area contributed by atoms with E-state index in [2.05, 4.69) is 21.2 Å². The minimum Gasteiger partial charge on any atom is -0.493 e. The summed E-state index contributed by atoms with van der Waals surface area (Å²) in [5.74, 6) is 1.16. The van der Waals surface area contributed by atoms with Crippen LogP contribution >= 0.6 is 15.9 Å². The minimum atomic E-state index is -0.261. The van der Waals surface area contributed by atoms with E-state index in [-0.39, 0.29) is 12.5 Å². The molecule has 5 nitrogen and oxygen atoms in total. The zero-order valence-corrected chi connectivity index (χ0v) is 14.8. The molecule has 0 aromatic heterocycles. The summed E-state index contributed by atoms with van der Waals surface area (Å²) in [7, 11) is 3.07. The minimum absolute atomic E-state index is 0.147. The molecule has 2 aromatic carbocycles. The first-order valence-corrected chi connectivity index (χ1v) is 7.74. The number of amides is 1. The Hall–Kier alpha value is -2.21. The second-order valence-corrected chi connectivity index (χ2v) is 5.70. The van der Waals surface area contributed by atoms with Crippen LogP contribution in [0.4, 0.5) is 5.69 Å². The molecule has 1 amide bonds. The molecule has 0 aliphatic carbocycles. The zero-order valence-electron chi connectivity index (χ0n) is 13.2. The molecule has 2 rings (SSSR count). The van der Waals surface area contributed by atoms with Gasteiger partial charge in [0.2, 0.25) is 5.75 Å². The summed E-state index contributed by atoms with van der Waals surface area (Å²) < 4.78 is 17.0. The third-order valence-electron chi connectivity index (χ3n) is 3.19. The van der Waals surface area contributed by atoms with Crippen LogP contribution in [-0.4, -0.2) is 26.7 Å². The molecule has 0 saturated carbocycles. The summed E-state index contributed by atoms with van der Waals surface area (Å²) in [6.45, 7) is 1.77. The molecular formula is C17H18BrNO4. The van der Waals surface area contributed by atoms with Gasteiger partial charge in [-0.3, -0.25) is 4.79 Å². The van der Waals surface area contributed by atoms with E-state index in [1.165, 1.54) is 14.2 Å². The normalized spacial score (nSPS) is 10.1. The van der Waals surface area contributed by atoms with Crippen molar-refractivity contribution in [3.63, 3.8) is 0 Å². The Morgan fingerprint density at radius 2 is 1.78 bits per heavy atom. The maximum atomic E-state index is 12.1. The van der Waals surface area contributed by atoms with Crippen molar-refractivity contribution in [2.75, 3.05) is 26.1 Å². The van der Waals surface area contributed by atoms with Crippen LogP contribution in [0.15, 0.2) is 40.9 Å². The molecule has 0 heterocycles. The van der Waals surface area contributed by atoms with Crippen LogP contribution in [-0.2, 0) is 4.79 Å². The Morgan fingerprint density at radius 3 is 2.35 bits per heavy atom. The molecule has 0 atom stereocenters. The summed E-state index contributed by atoms with van der Waals surface area (Å²) >= 11 is 3.39. The number of benzene rings is 2. The van der Waals surface area contributed by atoms with Crippen LogP contribution in [0.1, 0.15) is 5.56 Å². The van der Waals surface area contributed by atoms with Gasteiger partial charge in [0.15, 0.2) is 18.1 Å². The molecule has 6 heteroatoms. The number of carbonyl (C=O) groups excluding carboxylic acids is 1. The third kappa shape index (κ3) is 4.39. The highest BCUT2D eigenvalue weighted by atomic mass is 79.9. The highest BCUT2D eigenvalue weighted by Crippen LogP contribution is 2.36. The lowest BCUT2D eigenvalue weighted by Crippen LogP contribution is -2.21. The maximum Gasteiger partial charge on any atom is 0.262 e. The fraction of sp³-hybridized carbons (Fsp3) is 0.235. The molecule has 0 spiro atoms. The maximum absolute atomic E-state index is 12.1. The van der Waals surface area contributed by atoms with E-state index in [1.807, 2.05) is 25.1 Å². The predicted octanol–water partition coefficient (Wildman–Crippen LogP) is 3.79. The number of nitrogens with one attached hydrogen (secondary N) is 1. The van der Waals surface area contributed by atoms with Gasteiger partial charge in [-0.1, -0.05) is 22.0 Å². The number of aryl methyl sites for hydroxylation is 1. The second kappa shape index (κ2) is 7.87. The van der Waals surface area contributed by atoms with Crippen LogP contribution in [0.2, 0.25) is 0 Å². The van der Waals surface area contributed by atoms with Gasteiger partial charge in [-0.2, -0.15) is 0 Å². The molecule has 23 heavy (non-hydrogen) atoms. The van der Waals surface area contributed by atoms with Gasteiger partial charge in [0.1, 0.15) is 0 Å². The van der Waals surface area contributed by atoms with Gasteiger partial charge in [0.05, 0.1) is 14.2 Å². The van der Waals surface area contributed by atoms with Crippen molar-refractivity contribution >= 4 is 27.5 Å². The summed E-state index contributed by atoms with van der Waals surface area (Å²) in [5.41, 5.74) is 1.70. The summed E-state index contributed by atoms with van der Waals surface area (Å²) in [5, 5.41) is 2.82. The van der Waals surface area contributed by atoms with E-state index in [0.29, 0.717) is 17.2 Å². The van der Waals surface area contributed by atoms with Gasteiger partial charge in [0, 0.05) is 10.2 Å². The largest absolute Gasteiger partial charge is 0.493 e. The van der Waals surface area contributed by atoms with E-state index in [9.17, 15) is 4.79 Å². The van der Waals surface area contributed by atoms with Gasteiger partial charge in [0.25, 0.3) is 5.91 Å². The molecule has 2 aromatic rings. The second-order valence-electron chi connectivity index (χ2n) is 4.79. The van der Waals surface area contributed by atoms with Crippen molar-refractivity contribution in [2.24, 2.45) is 0 Å². The molecule has 0 bridgehead atoms. The number of anilines is 1. The lowest BCUT2D eigenvalue weighted by molar-refractivity contribution is -0.118. The molecule has 0 aliphatic heterocycles. The monoisotopic (exact) mass is 379 g/mol. The van der Waals surface area contributed by atoms with Crippen LogP contribution in [0.25, 0.3) is 0 Å². The standard InChI is InChI=1S/C17H18BrNO4/c1-11-9-12(18)7-8-13(11)19-16(20)10-23-17-14(21-2)5-4-6-15(17)22-3/h4-9H,10H2,1-3H3,(H,19,20). The molecule has 0 fully saturated rings. The Kier molecular flexibility index (Phi) is 5.87. The molecule has 0 saturated heterocycles. The van der Waals surface area contributed by atoms with Crippen molar-refractivity contribution < 1.29 is 19.0 Å². The lowest BCUT2D eigenvalue weighted by atomic mass is 10.2. The molecule has 0 aliphatic rings. The molecule has 0 radical (unpaired) electrons. The number of hydrogen-bond acceptors (Lipinski definition) is 4. The van der Waals surface area contributed by atoms with Gasteiger partial charge in [-0.15, -0.1) is 0 Å². The number of ether oxygens (including phenoxy) is 3. The number of methoxy groups -OCH3 is 2. The Bertz CT molecular complexity index is 681. The summed E-state index contributed by atoms with van der Waals surface area (Å²) in [6.07, 6.45) is 0. The Morgan fingerprint density at radius 1 is 1.13 bits per heavy atom. The Balaban J connectivity index is 2.05.